The van der Waals surface area contributed by atoms with Gasteiger partial charge in [0, 0.05) is 38.1 Å². The van der Waals surface area contributed by atoms with Crippen LogP contribution in [0.15, 0.2) is 28.2 Å². The number of carbonyl (C=O) groups is 1. The summed E-state index contributed by atoms with van der Waals surface area (Å²) in [5.74, 6) is 0.641. The lowest BCUT2D eigenvalue weighted by Crippen LogP contribution is -2.49. The van der Waals surface area contributed by atoms with E-state index in [4.69, 9.17) is 9.52 Å². The van der Waals surface area contributed by atoms with Crippen molar-refractivity contribution in [3.63, 3.8) is 0 Å². The summed E-state index contributed by atoms with van der Waals surface area (Å²) in [7, 11) is 0. The molecule has 8 heteroatoms. The van der Waals surface area contributed by atoms with Crippen LogP contribution in [0.5, 0.6) is 0 Å². The van der Waals surface area contributed by atoms with Crippen molar-refractivity contribution in [1.29, 1.82) is 0 Å². The van der Waals surface area contributed by atoms with E-state index in [9.17, 15) is 4.79 Å². The highest BCUT2D eigenvalue weighted by atomic mass is 32.1. The topological polar surface area (TPSA) is 81.8 Å². The molecule has 2 aromatic heterocycles. The van der Waals surface area contributed by atoms with Gasteiger partial charge in [-0.1, -0.05) is 0 Å². The van der Waals surface area contributed by atoms with Crippen molar-refractivity contribution < 1.29 is 14.3 Å². The predicted molar refractivity (Wildman–Crippen MR) is 88.4 cm³/mol. The van der Waals surface area contributed by atoms with Gasteiger partial charge in [-0.25, -0.2) is 4.98 Å². The molecule has 1 amide bonds. The third-order valence-corrected chi connectivity index (χ3v) is 4.53. The Morgan fingerprint density at radius 2 is 2.13 bits per heavy atom. The first-order valence-corrected chi connectivity index (χ1v) is 8.47. The molecule has 1 fully saturated rings. The summed E-state index contributed by atoms with van der Waals surface area (Å²) in [4.78, 5) is 20.8. The first kappa shape index (κ1) is 16.1. The maximum Gasteiger partial charge on any atom is 0.240 e. The van der Waals surface area contributed by atoms with Gasteiger partial charge in [0.2, 0.25) is 5.91 Å². The summed E-state index contributed by atoms with van der Waals surface area (Å²) in [6, 6.07) is 3.65. The highest BCUT2D eigenvalue weighted by Crippen LogP contribution is 2.24. The molecule has 0 spiro atoms. The van der Waals surface area contributed by atoms with Gasteiger partial charge in [0.05, 0.1) is 19.4 Å². The van der Waals surface area contributed by atoms with Crippen molar-refractivity contribution in [2.24, 2.45) is 0 Å². The molecule has 0 atom stereocenters. The Labute approximate surface area is 138 Å². The van der Waals surface area contributed by atoms with E-state index in [-0.39, 0.29) is 12.5 Å². The summed E-state index contributed by atoms with van der Waals surface area (Å²) in [6.07, 6.45) is 1.60. The smallest absolute Gasteiger partial charge is 0.240 e. The molecule has 3 heterocycles. The maximum absolute atomic E-state index is 12.1. The van der Waals surface area contributed by atoms with Crippen LogP contribution >= 0.6 is 11.3 Å². The summed E-state index contributed by atoms with van der Waals surface area (Å²) in [6.45, 7) is 4.69. The van der Waals surface area contributed by atoms with Crippen molar-refractivity contribution in [2.75, 3.05) is 51.2 Å². The third-order valence-electron chi connectivity index (χ3n) is 3.77. The monoisotopic (exact) mass is 336 g/mol. The molecule has 0 radical (unpaired) electrons. The Kier molecular flexibility index (Phi) is 5.39. The van der Waals surface area contributed by atoms with Gasteiger partial charge in [0.1, 0.15) is 5.69 Å². The molecular formula is C15H20N4O3S. The van der Waals surface area contributed by atoms with E-state index in [0.29, 0.717) is 24.0 Å². The molecule has 2 aromatic rings. The number of piperazine rings is 1. The minimum absolute atomic E-state index is 0.0547. The van der Waals surface area contributed by atoms with E-state index in [1.54, 1.807) is 6.26 Å². The average Bonchev–Trinajstić information content (AvgIpc) is 3.20. The van der Waals surface area contributed by atoms with Crippen LogP contribution in [0.1, 0.15) is 0 Å². The number of furan rings is 1. The number of hydrogen-bond donors (Lipinski definition) is 2. The Balaban J connectivity index is 1.47. The molecule has 23 heavy (non-hydrogen) atoms. The van der Waals surface area contributed by atoms with Crippen LogP contribution in [0.2, 0.25) is 0 Å². The van der Waals surface area contributed by atoms with E-state index in [1.165, 1.54) is 11.3 Å². The average molecular weight is 336 g/mol. The van der Waals surface area contributed by atoms with Gasteiger partial charge in [-0.2, -0.15) is 0 Å². The minimum Gasteiger partial charge on any atom is -0.463 e. The number of β-amino-alcohol motifs (C(OH)–C–C–N with tert-alkyl or cyclic N) is 1. The number of aliphatic hydroxyl groups is 1. The van der Waals surface area contributed by atoms with Crippen LogP contribution in [0.25, 0.3) is 11.5 Å². The second-order valence-electron chi connectivity index (χ2n) is 5.40. The largest absolute Gasteiger partial charge is 0.463 e. The highest BCUT2D eigenvalue weighted by molar-refractivity contribution is 7.14. The highest BCUT2D eigenvalue weighted by Gasteiger charge is 2.19. The standard InChI is InChI=1S/C15H20N4O3S/c20-8-7-18-3-5-19(6-4-18)10-14(21)17-15-16-12(11-23-15)13-2-1-9-22-13/h1-2,9,11,20H,3-8,10H2,(H,16,17,21). The number of aliphatic hydroxyl groups excluding tert-OH is 1. The molecule has 1 saturated heterocycles. The fourth-order valence-corrected chi connectivity index (χ4v) is 3.26. The Hall–Kier alpha value is -1.74. The number of nitrogens with zero attached hydrogens (tertiary/aromatic N) is 3. The van der Waals surface area contributed by atoms with Crippen LogP contribution in [-0.2, 0) is 4.79 Å². The first-order chi connectivity index (χ1) is 11.2. The van der Waals surface area contributed by atoms with Gasteiger partial charge < -0.3 is 14.8 Å². The minimum atomic E-state index is -0.0547. The SMILES string of the molecule is O=C(CN1CCN(CCO)CC1)Nc1nc(-c2ccco2)cs1. The van der Waals surface area contributed by atoms with Crippen LogP contribution in [0, 0.1) is 0 Å². The molecule has 3 rings (SSSR count). The van der Waals surface area contributed by atoms with Crippen molar-refractivity contribution in [3.8, 4) is 11.5 Å². The molecule has 124 valence electrons. The molecular weight excluding hydrogens is 316 g/mol. The fraction of sp³-hybridized carbons (Fsp3) is 0.467. The summed E-state index contributed by atoms with van der Waals surface area (Å²) < 4.78 is 5.29. The van der Waals surface area contributed by atoms with Crippen LogP contribution in [0.3, 0.4) is 0 Å². The van der Waals surface area contributed by atoms with Crippen LogP contribution in [-0.4, -0.2) is 71.7 Å². The van der Waals surface area contributed by atoms with E-state index in [0.717, 1.165) is 31.9 Å². The Morgan fingerprint density at radius 1 is 1.35 bits per heavy atom. The van der Waals surface area contributed by atoms with E-state index >= 15 is 0 Å². The van der Waals surface area contributed by atoms with E-state index in [1.807, 2.05) is 17.5 Å². The fourth-order valence-electron chi connectivity index (χ4n) is 2.54. The van der Waals surface area contributed by atoms with Crippen molar-refractivity contribution in [2.45, 2.75) is 0 Å². The number of nitrogens with one attached hydrogen (secondary N) is 1. The lowest BCUT2D eigenvalue weighted by atomic mass is 10.3. The van der Waals surface area contributed by atoms with Crippen molar-refractivity contribution in [1.82, 2.24) is 14.8 Å². The molecule has 0 aliphatic carbocycles. The van der Waals surface area contributed by atoms with Crippen LogP contribution < -0.4 is 5.32 Å². The van der Waals surface area contributed by atoms with Crippen LogP contribution in [0.4, 0.5) is 5.13 Å². The number of anilines is 1. The van der Waals surface area contributed by atoms with Crippen molar-refractivity contribution in [3.05, 3.63) is 23.8 Å². The van der Waals surface area contributed by atoms with Crippen molar-refractivity contribution >= 4 is 22.4 Å². The number of carbonyl (C=O) groups excluding carboxylic acids is 1. The first-order valence-electron chi connectivity index (χ1n) is 7.59. The van der Waals surface area contributed by atoms with E-state index < -0.39 is 0 Å². The third kappa shape index (κ3) is 4.38. The summed E-state index contributed by atoms with van der Waals surface area (Å²) >= 11 is 1.39. The molecule has 0 saturated carbocycles. The molecule has 7 nitrogen and oxygen atoms in total. The number of rotatable bonds is 6. The van der Waals surface area contributed by atoms with Gasteiger partial charge in [-0.3, -0.25) is 14.6 Å². The summed E-state index contributed by atoms with van der Waals surface area (Å²) in [5, 5.41) is 14.2. The summed E-state index contributed by atoms with van der Waals surface area (Å²) in [5.41, 5.74) is 0.730. The molecule has 1 aliphatic heterocycles. The lowest BCUT2D eigenvalue weighted by Gasteiger charge is -2.33. The molecule has 0 aromatic carbocycles. The molecule has 2 N–H and O–H groups in total. The number of hydrogen-bond acceptors (Lipinski definition) is 7. The number of aromatic nitrogens is 1. The zero-order chi connectivity index (χ0) is 16.1. The van der Waals surface area contributed by atoms with Gasteiger partial charge in [0.25, 0.3) is 0 Å². The quantitative estimate of drug-likeness (QED) is 0.817. The number of thiazole rings is 1. The zero-order valence-electron chi connectivity index (χ0n) is 12.8. The second-order valence-corrected chi connectivity index (χ2v) is 6.26. The number of amides is 1. The Morgan fingerprint density at radius 3 is 2.83 bits per heavy atom. The van der Waals surface area contributed by atoms with E-state index in [2.05, 4.69) is 20.1 Å². The van der Waals surface area contributed by atoms with Gasteiger partial charge in [-0.15, -0.1) is 11.3 Å². The Bertz CT molecular complexity index is 620. The van der Waals surface area contributed by atoms with Gasteiger partial charge in [0.15, 0.2) is 10.9 Å². The second kappa shape index (κ2) is 7.69. The predicted octanol–water partition coefficient (Wildman–Crippen LogP) is 0.952. The molecule has 1 aliphatic rings. The normalized spacial score (nSPS) is 16.6. The van der Waals surface area contributed by atoms with Gasteiger partial charge in [-0.05, 0) is 12.1 Å². The maximum atomic E-state index is 12.1. The molecule has 0 unspecified atom stereocenters. The molecule has 0 bridgehead atoms. The lowest BCUT2D eigenvalue weighted by molar-refractivity contribution is -0.117. The van der Waals surface area contributed by atoms with Gasteiger partial charge >= 0.3 is 0 Å². The zero-order valence-corrected chi connectivity index (χ0v) is 13.6.